The van der Waals surface area contributed by atoms with E-state index in [0.29, 0.717) is 0 Å². The van der Waals surface area contributed by atoms with Crippen LogP contribution in [0.15, 0.2) is 52.0 Å². The van der Waals surface area contributed by atoms with Gasteiger partial charge in [-0.3, -0.25) is 0 Å². The normalized spacial score (nSPS) is 22.8. The SMILES string of the molecule is CCCN1CCC2(CC1)Oc1ccc(Br)cc1[C@@H]1CC(c3ccc(F)cc3)=NN12. The number of hydrogen-bond acceptors (Lipinski definition) is 4. The number of rotatable bonds is 3. The zero-order chi connectivity index (χ0) is 20.0. The van der Waals surface area contributed by atoms with E-state index in [1.54, 1.807) is 0 Å². The second kappa shape index (κ2) is 7.40. The molecule has 2 aromatic carbocycles. The predicted octanol–water partition coefficient (Wildman–Crippen LogP) is 5.33. The van der Waals surface area contributed by atoms with Gasteiger partial charge in [0.1, 0.15) is 11.6 Å². The van der Waals surface area contributed by atoms with Gasteiger partial charge in [0.15, 0.2) is 0 Å². The lowest BCUT2D eigenvalue weighted by Crippen LogP contribution is -2.59. The summed E-state index contributed by atoms with van der Waals surface area (Å²) >= 11 is 3.61. The summed E-state index contributed by atoms with van der Waals surface area (Å²) in [6.45, 7) is 5.40. The molecule has 0 N–H and O–H groups in total. The minimum atomic E-state index is -0.405. The van der Waals surface area contributed by atoms with Crippen LogP contribution in [0.3, 0.4) is 0 Å². The highest BCUT2D eigenvalue weighted by Crippen LogP contribution is 2.50. The Labute approximate surface area is 179 Å². The van der Waals surface area contributed by atoms with Crippen molar-refractivity contribution in [3.05, 3.63) is 63.9 Å². The van der Waals surface area contributed by atoms with Gasteiger partial charge in [-0.15, -0.1) is 0 Å². The van der Waals surface area contributed by atoms with Crippen molar-refractivity contribution >= 4 is 21.6 Å². The second-order valence-corrected chi connectivity index (χ2v) is 9.11. The summed E-state index contributed by atoms with van der Waals surface area (Å²) < 4.78 is 21.1. The average Bonchev–Trinajstić information content (AvgIpc) is 3.18. The number of hydrazone groups is 1. The number of nitrogens with zero attached hydrogens (tertiary/aromatic N) is 3. The van der Waals surface area contributed by atoms with Gasteiger partial charge >= 0.3 is 0 Å². The average molecular weight is 458 g/mol. The maximum atomic E-state index is 13.4. The van der Waals surface area contributed by atoms with Crippen LogP contribution in [0.5, 0.6) is 5.75 Å². The number of benzene rings is 2. The molecule has 0 aromatic heterocycles. The van der Waals surface area contributed by atoms with Crippen molar-refractivity contribution in [1.82, 2.24) is 9.91 Å². The van der Waals surface area contributed by atoms with E-state index < -0.39 is 5.72 Å². The van der Waals surface area contributed by atoms with E-state index in [4.69, 9.17) is 9.84 Å². The van der Waals surface area contributed by atoms with E-state index in [1.807, 2.05) is 18.2 Å². The van der Waals surface area contributed by atoms with Crippen LogP contribution in [-0.4, -0.2) is 41.0 Å². The lowest BCUT2D eigenvalue weighted by Gasteiger charge is -2.51. The van der Waals surface area contributed by atoms with Crippen LogP contribution in [-0.2, 0) is 0 Å². The summed E-state index contributed by atoms with van der Waals surface area (Å²) in [4.78, 5) is 2.52. The molecule has 0 amide bonds. The van der Waals surface area contributed by atoms with Gasteiger partial charge in [-0.05, 0) is 48.9 Å². The van der Waals surface area contributed by atoms with Crippen LogP contribution >= 0.6 is 15.9 Å². The number of ether oxygens (including phenoxy) is 1. The molecule has 0 aliphatic carbocycles. The lowest BCUT2D eigenvalue weighted by atomic mass is 9.90. The lowest BCUT2D eigenvalue weighted by molar-refractivity contribution is -0.149. The van der Waals surface area contributed by atoms with Crippen molar-refractivity contribution < 1.29 is 9.13 Å². The number of halogens is 2. The molecular weight excluding hydrogens is 433 g/mol. The molecule has 0 bridgehead atoms. The maximum Gasteiger partial charge on any atom is 0.200 e. The Morgan fingerprint density at radius 1 is 1.17 bits per heavy atom. The summed E-state index contributed by atoms with van der Waals surface area (Å²) in [6.07, 6.45) is 3.83. The largest absolute Gasteiger partial charge is 0.466 e. The molecule has 6 heteroatoms. The number of hydrogen-bond donors (Lipinski definition) is 0. The van der Waals surface area contributed by atoms with E-state index >= 15 is 0 Å². The third-order valence-corrected chi connectivity index (χ3v) is 6.81. The Morgan fingerprint density at radius 2 is 1.93 bits per heavy atom. The number of piperidine rings is 1. The second-order valence-electron chi connectivity index (χ2n) is 8.19. The molecule has 1 spiro atoms. The molecule has 4 nitrogen and oxygen atoms in total. The zero-order valence-electron chi connectivity index (χ0n) is 16.6. The predicted molar refractivity (Wildman–Crippen MR) is 116 cm³/mol. The Kier molecular flexibility index (Phi) is 4.87. The minimum Gasteiger partial charge on any atom is -0.466 e. The fraction of sp³-hybridized carbons (Fsp3) is 0.435. The van der Waals surface area contributed by atoms with Crippen molar-refractivity contribution in [1.29, 1.82) is 0 Å². The topological polar surface area (TPSA) is 28.1 Å². The molecule has 0 saturated carbocycles. The first-order valence-electron chi connectivity index (χ1n) is 10.4. The van der Waals surface area contributed by atoms with Gasteiger partial charge in [0, 0.05) is 42.4 Å². The van der Waals surface area contributed by atoms with Crippen molar-refractivity contribution in [2.75, 3.05) is 19.6 Å². The highest BCUT2D eigenvalue weighted by molar-refractivity contribution is 9.10. The van der Waals surface area contributed by atoms with Crippen molar-refractivity contribution in [2.45, 2.75) is 44.4 Å². The Balaban J connectivity index is 1.52. The van der Waals surface area contributed by atoms with Gasteiger partial charge in [0.25, 0.3) is 0 Å². The smallest absolute Gasteiger partial charge is 0.200 e. The van der Waals surface area contributed by atoms with E-state index in [9.17, 15) is 4.39 Å². The van der Waals surface area contributed by atoms with E-state index in [0.717, 1.165) is 60.4 Å². The standard InChI is InChI=1S/C23H25BrFN3O/c1-2-11-27-12-9-23(10-13-27)28-21(19-14-17(24)5-8-22(19)29-23)15-20(26-28)16-3-6-18(25)7-4-16/h3-8,14,21H,2,9-13,15H2,1H3/t21-/m0/s1. The first-order chi connectivity index (χ1) is 14.1. The maximum absolute atomic E-state index is 13.4. The highest BCUT2D eigenvalue weighted by atomic mass is 79.9. The molecule has 3 aliphatic rings. The van der Waals surface area contributed by atoms with E-state index in [-0.39, 0.29) is 11.9 Å². The molecule has 3 aliphatic heterocycles. The number of fused-ring (bicyclic) bond motifs is 4. The fourth-order valence-corrected chi connectivity index (χ4v) is 5.22. The highest BCUT2D eigenvalue weighted by Gasteiger charge is 2.51. The van der Waals surface area contributed by atoms with Crippen LogP contribution in [0.2, 0.25) is 0 Å². The molecular formula is C23H25BrFN3O. The van der Waals surface area contributed by atoms with Gasteiger partial charge in [-0.1, -0.05) is 35.0 Å². The molecule has 1 atom stereocenters. The van der Waals surface area contributed by atoms with Crippen LogP contribution < -0.4 is 4.74 Å². The Bertz CT molecular complexity index is 938. The summed E-state index contributed by atoms with van der Waals surface area (Å²) in [5.41, 5.74) is 2.75. The molecule has 0 unspecified atom stereocenters. The Morgan fingerprint density at radius 3 is 2.66 bits per heavy atom. The van der Waals surface area contributed by atoms with E-state index in [2.05, 4.69) is 44.9 Å². The molecule has 2 aromatic rings. The van der Waals surface area contributed by atoms with Gasteiger partial charge in [0.05, 0.1) is 11.8 Å². The zero-order valence-corrected chi connectivity index (χ0v) is 18.2. The quantitative estimate of drug-likeness (QED) is 0.622. The Hall–Kier alpha value is -1.92. The summed E-state index contributed by atoms with van der Waals surface area (Å²) in [5.74, 6) is 0.747. The van der Waals surface area contributed by atoms with Crippen molar-refractivity contribution in [2.24, 2.45) is 5.10 Å². The third-order valence-electron chi connectivity index (χ3n) is 6.31. The van der Waals surface area contributed by atoms with Crippen LogP contribution in [0.25, 0.3) is 0 Å². The molecule has 3 heterocycles. The van der Waals surface area contributed by atoms with Crippen LogP contribution in [0, 0.1) is 5.82 Å². The summed E-state index contributed by atoms with van der Waals surface area (Å²) in [5, 5.41) is 7.27. The monoisotopic (exact) mass is 457 g/mol. The molecule has 0 radical (unpaired) electrons. The fourth-order valence-electron chi connectivity index (χ4n) is 4.84. The summed E-state index contributed by atoms with van der Waals surface area (Å²) in [7, 11) is 0. The molecule has 1 fully saturated rings. The summed E-state index contributed by atoms with van der Waals surface area (Å²) in [6, 6.07) is 13.1. The molecule has 5 rings (SSSR count). The van der Waals surface area contributed by atoms with Gasteiger partial charge < -0.3 is 9.64 Å². The molecule has 152 valence electrons. The number of likely N-dealkylation sites (tertiary alicyclic amines) is 1. The van der Waals surface area contributed by atoms with Crippen molar-refractivity contribution in [3.63, 3.8) is 0 Å². The minimum absolute atomic E-state index is 0.147. The first-order valence-corrected chi connectivity index (χ1v) is 11.2. The van der Waals surface area contributed by atoms with Gasteiger partial charge in [-0.25, -0.2) is 9.40 Å². The van der Waals surface area contributed by atoms with Gasteiger partial charge in [-0.2, -0.15) is 5.10 Å². The van der Waals surface area contributed by atoms with Gasteiger partial charge in [0.2, 0.25) is 5.72 Å². The first kappa shape index (κ1) is 19.1. The third kappa shape index (κ3) is 3.36. The van der Waals surface area contributed by atoms with Crippen LogP contribution in [0.4, 0.5) is 4.39 Å². The molecule has 1 saturated heterocycles. The van der Waals surface area contributed by atoms with Crippen molar-refractivity contribution in [3.8, 4) is 5.75 Å². The van der Waals surface area contributed by atoms with Crippen LogP contribution in [0.1, 0.15) is 49.8 Å². The van der Waals surface area contributed by atoms with E-state index in [1.165, 1.54) is 24.1 Å². The molecule has 29 heavy (non-hydrogen) atoms.